The quantitative estimate of drug-likeness (QED) is 0.481. The second-order valence-corrected chi connectivity index (χ2v) is 5.80. The minimum absolute atomic E-state index is 0.269. The summed E-state index contributed by atoms with van der Waals surface area (Å²) < 4.78 is 0. The third kappa shape index (κ3) is 7.32. The lowest BCUT2D eigenvalue weighted by atomic mass is 9.94. The van der Waals surface area contributed by atoms with Gasteiger partial charge in [-0.2, -0.15) is 0 Å². The highest BCUT2D eigenvalue weighted by atomic mass is 16.3. The molecular weight excluding hydrogens is 264 g/mol. The van der Waals surface area contributed by atoms with E-state index in [-0.39, 0.29) is 6.61 Å². The lowest BCUT2D eigenvalue weighted by Gasteiger charge is -2.31. The average molecular weight is 294 g/mol. The number of aliphatic hydroxyl groups is 1. The summed E-state index contributed by atoms with van der Waals surface area (Å²) in [4.78, 5) is 14.1. The number of carbonyl (C=O) groups excluding carboxylic acids is 1. The van der Waals surface area contributed by atoms with Gasteiger partial charge >= 0.3 is 0 Å². The van der Waals surface area contributed by atoms with Gasteiger partial charge in [0, 0.05) is 38.4 Å². The van der Waals surface area contributed by atoms with E-state index in [1.807, 2.05) is 4.90 Å². The first kappa shape index (κ1) is 17.8. The Kier molecular flexibility index (Phi) is 8.83. The fourth-order valence-electron chi connectivity index (χ4n) is 2.71. The van der Waals surface area contributed by atoms with E-state index in [0.717, 1.165) is 63.9 Å². The molecule has 0 unspecified atom stereocenters. The van der Waals surface area contributed by atoms with Crippen molar-refractivity contribution in [3.8, 4) is 0 Å². The Labute approximate surface area is 128 Å². The van der Waals surface area contributed by atoms with Crippen LogP contribution in [0.25, 0.3) is 0 Å². The Morgan fingerprint density at radius 1 is 1.29 bits per heavy atom. The first-order valence-electron chi connectivity index (χ1n) is 8.11. The van der Waals surface area contributed by atoms with Crippen molar-refractivity contribution in [3.05, 3.63) is 24.9 Å². The molecule has 0 spiro atoms. The van der Waals surface area contributed by atoms with E-state index in [2.05, 4.69) is 18.5 Å². The number of likely N-dealkylation sites (tertiary alicyclic amines) is 1. The summed E-state index contributed by atoms with van der Waals surface area (Å²) in [6.45, 7) is 10.3. The van der Waals surface area contributed by atoms with Crippen LogP contribution in [0.1, 0.15) is 44.9 Å². The van der Waals surface area contributed by atoms with Gasteiger partial charge in [0.25, 0.3) is 0 Å². The van der Waals surface area contributed by atoms with Crippen LogP contribution in [0.3, 0.4) is 0 Å². The molecule has 0 aromatic carbocycles. The Morgan fingerprint density at radius 2 is 2.00 bits per heavy atom. The number of nitrogens with zero attached hydrogens (tertiary/aromatic N) is 1. The summed E-state index contributed by atoms with van der Waals surface area (Å²) in [5.74, 6) is 0.893. The molecule has 0 bridgehead atoms. The number of aliphatic hydroxyl groups excluding tert-OH is 1. The van der Waals surface area contributed by atoms with Gasteiger partial charge in [0.15, 0.2) is 0 Å². The minimum Gasteiger partial charge on any atom is -0.396 e. The molecule has 1 heterocycles. The molecule has 1 fully saturated rings. The first-order chi connectivity index (χ1) is 10.2. The third-order valence-electron chi connectivity index (χ3n) is 4.17. The lowest BCUT2D eigenvalue weighted by molar-refractivity contribution is -0.132. The van der Waals surface area contributed by atoms with Gasteiger partial charge in [0.1, 0.15) is 0 Å². The van der Waals surface area contributed by atoms with Crippen LogP contribution in [0.15, 0.2) is 24.9 Å². The van der Waals surface area contributed by atoms with Gasteiger partial charge in [-0.3, -0.25) is 4.79 Å². The highest BCUT2D eigenvalue weighted by Gasteiger charge is 2.21. The molecule has 0 radical (unpaired) electrons. The molecule has 0 aromatic heterocycles. The average Bonchev–Trinajstić information content (AvgIpc) is 2.51. The number of carbonyl (C=O) groups is 1. The van der Waals surface area contributed by atoms with Crippen molar-refractivity contribution in [1.29, 1.82) is 0 Å². The van der Waals surface area contributed by atoms with Crippen molar-refractivity contribution >= 4 is 5.91 Å². The van der Waals surface area contributed by atoms with E-state index < -0.39 is 0 Å². The maximum Gasteiger partial charge on any atom is 0.222 e. The molecule has 2 N–H and O–H groups in total. The second-order valence-electron chi connectivity index (χ2n) is 5.80. The van der Waals surface area contributed by atoms with E-state index >= 15 is 0 Å². The number of rotatable bonds is 10. The predicted octanol–water partition coefficient (Wildman–Crippen LogP) is 2.46. The molecule has 1 saturated heterocycles. The number of piperidine rings is 1. The van der Waals surface area contributed by atoms with E-state index in [1.165, 1.54) is 0 Å². The lowest BCUT2D eigenvalue weighted by Crippen LogP contribution is -2.38. The van der Waals surface area contributed by atoms with Crippen LogP contribution >= 0.6 is 0 Å². The molecule has 4 heteroatoms. The fourth-order valence-corrected chi connectivity index (χ4v) is 2.71. The van der Waals surface area contributed by atoms with Gasteiger partial charge in [-0.1, -0.05) is 19.6 Å². The van der Waals surface area contributed by atoms with Crippen LogP contribution < -0.4 is 5.32 Å². The molecule has 0 aliphatic carbocycles. The zero-order valence-corrected chi connectivity index (χ0v) is 13.1. The monoisotopic (exact) mass is 294 g/mol. The Bertz CT molecular complexity index is 334. The van der Waals surface area contributed by atoms with Crippen LogP contribution in [0, 0.1) is 5.92 Å². The number of allylic oxidation sites excluding steroid dienone is 1. The summed E-state index contributed by atoms with van der Waals surface area (Å²) in [5.41, 5.74) is 0.858. The van der Waals surface area contributed by atoms with Crippen LogP contribution in [0.2, 0.25) is 0 Å². The molecule has 1 amide bonds. The predicted molar refractivity (Wildman–Crippen MR) is 86.8 cm³/mol. The fraction of sp³-hybridized carbons (Fsp3) is 0.706. The standard InChI is InChI=1S/C17H30N2O2/c1-3-15(2)18-11-6-4-5-7-17(21)19-12-8-16(9-13-19)10-14-20/h3,16,18,20H,1-2,4-14H2. The smallest absolute Gasteiger partial charge is 0.222 e. The van der Waals surface area contributed by atoms with Gasteiger partial charge in [0.05, 0.1) is 0 Å². The van der Waals surface area contributed by atoms with Crippen molar-refractivity contribution in [3.63, 3.8) is 0 Å². The normalized spacial score (nSPS) is 15.8. The number of hydrogen-bond donors (Lipinski definition) is 2. The van der Waals surface area contributed by atoms with Crippen LogP contribution in [-0.4, -0.2) is 42.2 Å². The van der Waals surface area contributed by atoms with Gasteiger partial charge in [-0.05, 0) is 44.1 Å². The Balaban J connectivity index is 2.04. The Morgan fingerprint density at radius 3 is 2.62 bits per heavy atom. The van der Waals surface area contributed by atoms with Gasteiger partial charge in [-0.25, -0.2) is 0 Å². The molecule has 0 aromatic rings. The second kappa shape index (κ2) is 10.4. The molecule has 1 aliphatic rings. The van der Waals surface area contributed by atoms with Crippen LogP contribution in [-0.2, 0) is 4.79 Å². The minimum atomic E-state index is 0.269. The van der Waals surface area contributed by atoms with E-state index in [9.17, 15) is 4.79 Å². The zero-order valence-electron chi connectivity index (χ0n) is 13.1. The molecule has 21 heavy (non-hydrogen) atoms. The molecule has 0 saturated carbocycles. The summed E-state index contributed by atoms with van der Waals surface area (Å²) in [5, 5.41) is 12.1. The third-order valence-corrected chi connectivity index (χ3v) is 4.17. The van der Waals surface area contributed by atoms with Crippen LogP contribution in [0.5, 0.6) is 0 Å². The first-order valence-corrected chi connectivity index (χ1v) is 8.11. The highest BCUT2D eigenvalue weighted by molar-refractivity contribution is 5.76. The van der Waals surface area contributed by atoms with Gasteiger partial charge in [0.2, 0.25) is 5.91 Å². The number of amides is 1. The van der Waals surface area contributed by atoms with E-state index in [4.69, 9.17) is 5.11 Å². The van der Waals surface area contributed by atoms with Crippen molar-refractivity contribution in [1.82, 2.24) is 10.2 Å². The van der Waals surface area contributed by atoms with Crippen molar-refractivity contribution in [2.24, 2.45) is 5.92 Å². The zero-order chi connectivity index (χ0) is 15.5. The number of unbranched alkanes of at least 4 members (excludes halogenated alkanes) is 2. The number of nitrogens with one attached hydrogen (secondary N) is 1. The molecule has 0 atom stereocenters. The van der Waals surface area contributed by atoms with Gasteiger partial charge < -0.3 is 15.3 Å². The maximum absolute atomic E-state index is 12.1. The largest absolute Gasteiger partial charge is 0.396 e. The molecular formula is C17H30N2O2. The molecule has 1 aliphatic heterocycles. The SMILES string of the molecule is C=CC(=C)NCCCCCC(=O)N1CCC(CCO)CC1. The molecule has 1 rings (SSSR count). The van der Waals surface area contributed by atoms with Crippen molar-refractivity contribution < 1.29 is 9.90 Å². The van der Waals surface area contributed by atoms with Gasteiger partial charge in [-0.15, -0.1) is 0 Å². The summed E-state index contributed by atoms with van der Waals surface area (Å²) in [6.07, 6.45) is 8.41. The van der Waals surface area contributed by atoms with E-state index in [0.29, 0.717) is 18.2 Å². The summed E-state index contributed by atoms with van der Waals surface area (Å²) in [6, 6.07) is 0. The van der Waals surface area contributed by atoms with E-state index in [1.54, 1.807) is 6.08 Å². The topological polar surface area (TPSA) is 52.6 Å². The summed E-state index contributed by atoms with van der Waals surface area (Å²) >= 11 is 0. The molecule has 4 nitrogen and oxygen atoms in total. The summed E-state index contributed by atoms with van der Waals surface area (Å²) in [7, 11) is 0. The Hall–Kier alpha value is -1.29. The van der Waals surface area contributed by atoms with Crippen LogP contribution in [0.4, 0.5) is 0 Å². The molecule has 120 valence electrons. The number of hydrogen-bond acceptors (Lipinski definition) is 3. The highest BCUT2D eigenvalue weighted by Crippen LogP contribution is 2.20. The maximum atomic E-state index is 12.1. The van der Waals surface area contributed by atoms with Crippen molar-refractivity contribution in [2.75, 3.05) is 26.2 Å². The van der Waals surface area contributed by atoms with Crippen molar-refractivity contribution in [2.45, 2.75) is 44.9 Å².